The molecule has 3 aromatic carbocycles. The Morgan fingerprint density at radius 1 is 0.864 bits per heavy atom. The lowest BCUT2D eigenvalue weighted by Gasteiger charge is -2.05. The van der Waals surface area contributed by atoms with Crippen molar-refractivity contribution in [2.45, 2.75) is 0 Å². The van der Waals surface area contributed by atoms with E-state index in [1.807, 2.05) is 72.8 Å². The van der Waals surface area contributed by atoms with Gasteiger partial charge in [0.1, 0.15) is 0 Å². The second-order valence-corrected chi connectivity index (χ2v) is 4.88. The molecule has 0 heterocycles. The minimum atomic E-state index is -0.0980. The molecular weight excluding hydrogens is 270 g/mol. The summed E-state index contributed by atoms with van der Waals surface area (Å²) in [5.41, 5.74) is 1.63. The van der Waals surface area contributed by atoms with E-state index in [1.54, 1.807) is 0 Å². The van der Waals surface area contributed by atoms with Crippen molar-refractivity contribution in [3.8, 4) is 11.8 Å². The molecule has 0 saturated carbocycles. The summed E-state index contributed by atoms with van der Waals surface area (Å²) < 4.78 is 0. The first-order chi connectivity index (χ1) is 10.8. The summed E-state index contributed by atoms with van der Waals surface area (Å²) in [5, 5.41) is 4.87. The highest BCUT2D eigenvalue weighted by Crippen LogP contribution is 2.18. The zero-order valence-electron chi connectivity index (χ0n) is 12.0. The van der Waals surface area contributed by atoms with Gasteiger partial charge >= 0.3 is 0 Å². The highest BCUT2D eigenvalue weighted by atomic mass is 16.1. The van der Waals surface area contributed by atoms with E-state index < -0.39 is 0 Å². The minimum Gasteiger partial charge on any atom is -0.341 e. The molecule has 2 heteroatoms. The average molecular weight is 285 g/mol. The Morgan fingerprint density at radius 2 is 1.59 bits per heavy atom. The number of benzene rings is 3. The van der Waals surface area contributed by atoms with Crippen LogP contribution in [-0.2, 0) is 0 Å². The quantitative estimate of drug-likeness (QED) is 0.716. The van der Waals surface area contributed by atoms with Crippen LogP contribution in [0.25, 0.3) is 10.8 Å². The van der Waals surface area contributed by atoms with E-state index in [0.29, 0.717) is 12.1 Å². The van der Waals surface area contributed by atoms with Gasteiger partial charge in [-0.25, -0.2) is 0 Å². The van der Waals surface area contributed by atoms with Crippen LogP contribution >= 0.6 is 0 Å². The molecule has 106 valence electrons. The first-order valence-electron chi connectivity index (χ1n) is 7.14. The van der Waals surface area contributed by atoms with Gasteiger partial charge < -0.3 is 5.32 Å². The number of amides is 1. The summed E-state index contributed by atoms with van der Waals surface area (Å²) >= 11 is 0. The molecule has 0 aromatic heterocycles. The molecule has 0 unspecified atom stereocenters. The third-order valence-corrected chi connectivity index (χ3v) is 3.38. The van der Waals surface area contributed by atoms with Gasteiger partial charge in [-0.2, -0.15) is 0 Å². The van der Waals surface area contributed by atoms with Crippen molar-refractivity contribution in [3.63, 3.8) is 0 Å². The minimum absolute atomic E-state index is 0.0980. The third-order valence-electron chi connectivity index (χ3n) is 3.38. The van der Waals surface area contributed by atoms with Gasteiger partial charge in [0.2, 0.25) is 0 Å². The molecule has 0 spiro atoms. The normalized spacial score (nSPS) is 9.82. The summed E-state index contributed by atoms with van der Waals surface area (Å²) in [5.74, 6) is 5.89. The van der Waals surface area contributed by atoms with Crippen molar-refractivity contribution in [3.05, 3.63) is 83.9 Å². The maximum Gasteiger partial charge on any atom is 0.252 e. The Kier molecular flexibility index (Phi) is 4.17. The zero-order chi connectivity index (χ0) is 15.2. The smallest absolute Gasteiger partial charge is 0.252 e. The van der Waals surface area contributed by atoms with Crippen molar-refractivity contribution >= 4 is 16.7 Å². The molecule has 0 saturated heterocycles. The largest absolute Gasteiger partial charge is 0.341 e. The van der Waals surface area contributed by atoms with Gasteiger partial charge in [0, 0.05) is 11.1 Å². The van der Waals surface area contributed by atoms with Crippen molar-refractivity contribution in [1.29, 1.82) is 0 Å². The zero-order valence-corrected chi connectivity index (χ0v) is 12.0. The maximum absolute atomic E-state index is 12.3. The molecule has 3 rings (SSSR count). The van der Waals surface area contributed by atoms with Crippen LogP contribution in [0.5, 0.6) is 0 Å². The van der Waals surface area contributed by atoms with Crippen molar-refractivity contribution in [1.82, 2.24) is 5.32 Å². The van der Waals surface area contributed by atoms with Crippen LogP contribution in [0.3, 0.4) is 0 Å². The van der Waals surface area contributed by atoms with E-state index in [4.69, 9.17) is 0 Å². The van der Waals surface area contributed by atoms with Crippen LogP contribution in [0.1, 0.15) is 15.9 Å². The highest BCUT2D eigenvalue weighted by molar-refractivity contribution is 6.07. The molecule has 3 aromatic rings. The van der Waals surface area contributed by atoms with Crippen molar-refractivity contribution in [2.75, 3.05) is 6.54 Å². The van der Waals surface area contributed by atoms with Crippen LogP contribution in [0.15, 0.2) is 72.8 Å². The fourth-order valence-corrected chi connectivity index (χ4v) is 2.31. The first kappa shape index (κ1) is 13.9. The lowest BCUT2D eigenvalue weighted by molar-refractivity contribution is 0.0960. The summed E-state index contributed by atoms with van der Waals surface area (Å²) in [6.45, 7) is 0.330. The Hall–Kier alpha value is -3.05. The summed E-state index contributed by atoms with van der Waals surface area (Å²) in [6, 6.07) is 23.3. The molecule has 22 heavy (non-hydrogen) atoms. The number of hydrogen-bond donors (Lipinski definition) is 1. The Morgan fingerprint density at radius 3 is 2.45 bits per heavy atom. The van der Waals surface area contributed by atoms with Gasteiger partial charge in [-0.1, -0.05) is 66.4 Å². The number of rotatable bonds is 2. The van der Waals surface area contributed by atoms with E-state index in [2.05, 4.69) is 17.2 Å². The Bertz CT molecular complexity index is 852. The molecule has 1 amide bonds. The molecular formula is C20H15NO. The SMILES string of the molecule is O=C(NCC#Cc1ccccc1)c1cccc2ccccc12. The second-order valence-electron chi connectivity index (χ2n) is 4.88. The van der Waals surface area contributed by atoms with Crippen LogP contribution in [0, 0.1) is 11.8 Å². The highest BCUT2D eigenvalue weighted by Gasteiger charge is 2.07. The average Bonchev–Trinajstić information content (AvgIpc) is 2.59. The van der Waals surface area contributed by atoms with E-state index in [9.17, 15) is 4.79 Å². The number of nitrogens with one attached hydrogen (secondary N) is 1. The van der Waals surface area contributed by atoms with Crippen molar-refractivity contribution in [2.24, 2.45) is 0 Å². The van der Waals surface area contributed by atoms with Gasteiger partial charge in [0.15, 0.2) is 0 Å². The lowest BCUT2D eigenvalue weighted by Crippen LogP contribution is -2.23. The fourth-order valence-electron chi connectivity index (χ4n) is 2.31. The number of carbonyl (C=O) groups is 1. The van der Waals surface area contributed by atoms with Gasteiger partial charge in [-0.05, 0) is 29.0 Å². The Balaban J connectivity index is 1.71. The monoisotopic (exact) mass is 285 g/mol. The standard InChI is InChI=1S/C20H15NO/c22-20(21-15-7-10-16-8-2-1-3-9-16)19-14-6-12-17-11-4-5-13-18(17)19/h1-6,8-9,11-14H,15H2,(H,21,22). The van der Waals surface area contributed by atoms with Gasteiger partial charge in [-0.15, -0.1) is 0 Å². The molecule has 0 bridgehead atoms. The number of carbonyl (C=O) groups excluding carboxylic acids is 1. The lowest BCUT2D eigenvalue weighted by atomic mass is 10.0. The molecule has 1 N–H and O–H groups in total. The first-order valence-corrected chi connectivity index (χ1v) is 7.14. The number of fused-ring (bicyclic) bond motifs is 1. The third kappa shape index (κ3) is 3.16. The number of hydrogen-bond acceptors (Lipinski definition) is 1. The fraction of sp³-hybridized carbons (Fsp3) is 0.0500. The molecule has 2 nitrogen and oxygen atoms in total. The van der Waals surface area contributed by atoms with Crippen LogP contribution < -0.4 is 5.32 Å². The molecule has 0 aliphatic carbocycles. The van der Waals surface area contributed by atoms with E-state index in [0.717, 1.165) is 16.3 Å². The van der Waals surface area contributed by atoms with Crippen molar-refractivity contribution < 1.29 is 4.79 Å². The van der Waals surface area contributed by atoms with Crippen LogP contribution in [0.2, 0.25) is 0 Å². The molecule has 0 aliphatic heterocycles. The summed E-state index contributed by atoms with van der Waals surface area (Å²) in [7, 11) is 0. The van der Waals surface area contributed by atoms with Crippen LogP contribution in [0.4, 0.5) is 0 Å². The van der Waals surface area contributed by atoms with E-state index in [1.165, 1.54) is 0 Å². The van der Waals surface area contributed by atoms with E-state index in [-0.39, 0.29) is 5.91 Å². The molecule has 0 atom stereocenters. The second kappa shape index (κ2) is 6.60. The topological polar surface area (TPSA) is 29.1 Å². The molecule has 0 radical (unpaired) electrons. The van der Waals surface area contributed by atoms with Gasteiger partial charge in [-0.3, -0.25) is 4.79 Å². The maximum atomic E-state index is 12.3. The van der Waals surface area contributed by atoms with Gasteiger partial charge in [0.05, 0.1) is 6.54 Å². The summed E-state index contributed by atoms with van der Waals surface area (Å²) in [4.78, 5) is 12.3. The molecule has 0 fully saturated rings. The predicted octanol–water partition coefficient (Wildman–Crippen LogP) is 3.62. The summed E-state index contributed by atoms with van der Waals surface area (Å²) in [6.07, 6.45) is 0. The molecule has 0 aliphatic rings. The van der Waals surface area contributed by atoms with Gasteiger partial charge in [0.25, 0.3) is 5.91 Å². The van der Waals surface area contributed by atoms with Crippen LogP contribution in [-0.4, -0.2) is 12.5 Å². The van der Waals surface area contributed by atoms with E-state index >= 15 is 0 Å². The Labute approximate surface area is 129 Å². The predicted molar refractivity (Wildman–Crippen MR) is 89.6 cm³/mol.